The van der Waals surface area contributed by atoms with Gasteiger partial charge in [0.2, 0.25) is 12.3 Å². The first-order chi connectivity index (χ1) is 17.0. The zero-order valence-corrected chi connectivity index (χ0v) is 20.0. The standard InChI is InChI=1S/C23H24F3N5O2.C2H6/c1-30(19-4-2-3-5-20(19)31(14-32)17-8-10-27-11-9-17)13-16-7-6-15(12-18(16)24)22-28-29-23(33-22)21(25)26;1-2/h2-7,12,14,17,21,27H,8-11,13H2,1H3;1-2H3. The molecular weight excluding hydrogens is 459 g/mol. The maximum absolute atomic E-state index is 14.9. The molecule has 188 valence electrons. The van der Waals surface area contributed by atoms with Crippen molar-refractivity contribution in [2.24, 2.45) is 0 Å². The third-order valence-corrected chi connectivity index (χ3v) is 5.72. The molecule has 1 N–H and O–H groups in total. The zero-order chi connectivity index (χ0) is 25.4. The summed E-state index contributed by atoms with van der Waals surface area (Å²) in [5.41, 5.74) is 2.18. The van der Waals surface area contributed by atoms with Crippen LogP contribution in [0.4, 0.5) is 24.5 Å². The fraction of sp³-hybridized carbons (Fsp3) is 0.400. The molecule has 10 heteroatoms. The molecule has 1 aliphatic rings. The maximum Gasteiger partial charge on any atom is 0.314 e. The van der Waals surface area contributed by atoms with E-state index in [2.05, 4.69) is 15.5 Å². The average Bonchev–Trinajstić information content (AvgIpc) is 3.39. The molecule has 0 unspecified atom stereocenters. The Morgan fingerprint density at radius 3 is 2.40 bits per heavy atom. The number of carbonyl (C=O) groups is 1. The van der Waals surface area contributed by atoms with Crippen LogP contribution in [0.2, 0.25) is 0 Å². The van der Waals surface area contributed by atoms with Crippen molar-refractivity contribution in [1.29, 1.82) is 0 Å². The molecule has 1 aliphatic heterocycles. The first kappa shape index (κ1) is 26.2. The predicted molar refractivity (Wildman–Crippen MR) is 129 cm³/mol. The molecule has 0 saturated carbocycles. The molecular formula is C25H30F3N5O2. The van der Waals surface area contributed by atoms with Crippen molar-refractivity contribution in [3.63, 3.8) is 0 Å². The highest BCUT2D eigenvalue weighted by molar-refractivity contribution is 5.84. The number of piperidine rings is 1. The number of hydrogen-bond acceptors (Lipinski definition) is 6. The number of benzene rings is 2. The second-order valence-corrected chi connectivity index (χ2v) is 7.89. The van der Waals surface area contributed by atoms with Crippen molar-refractivity contribution >= 4 is 17.8 Å². The number of hydrogen-bond donors (Lipinski definition) is 1. The Morgan fingerprint density at radius 2 is 1.80 bits per heavy atom. The van der Waals surface area contributed by atoms with Gasteiger partial charge in [-0.1, -0.05) is 32.0 Å². The largest absolute Gasteiger partial charge is 0.415 e. The zero-order valence-electron chi connectivity index (χ0n) is 20.0. The molecule has 2 aromatic carbocycles. The molecule has 2 heterocycles. The number of para-hydroxylation sites is 2. The number of nitrogens with one attached hydrogen (secondary N) is 1. The van der Waals surface area contributed by atoms with Gasteiger partial charge in [0, 0.05) is 30.8 Å². The minimum absolute atomic E-state index is 0.0989. The predicted octanol–water partition coefficient (Wildman–Crippen LogP) is 5.19. The van der Waals surface area contributed by atoms with Crippen LogP contribution in [0.3, 0.4) is 0 Å². The Balaban J connectivity index is 0.00000167. The maximum atomic E-state index is 14.9. The second-order valence-electron chi connectivity index (χ2n) is 7.89. The molecule has 35 heavy (non-hydrogen) atoms. The van der Waals surface area contributed by atoms with Crippen LogP contribution in [0.25, 0.3) is 11.5 Å². The van der Waals surface area contributed by atoms with Crippen LogP contribution >= 0.6 is 0 Å². The monoisotopic (exact) mass is 489 g/mol. The van der Waals surface area contributed by atoms with E-state index in [0.29, 0.717) is 5.56 Å². The number of anilines is 2. The minimum atomic E-state index is -2.89. The van der Waals surface area contributed by atoms with E-state index < -0.39 is 18.1 Å². The molecule has 1 saturated heterocycles. The third-order valence-electron chi connectivity index (χ3n) is 5.72. The molecule has 3 aromatic rings. The number of carbonyl (C=O) groups excluding carboxylic acids is 1. The van der Waals surface area contributed by atoms with Crippen LogP contribution < -0.4 is 15.1 Å². The summed E-state index contributed by atoms with van der Waals surface area (Å²) in [6.45, 7) is 5.93. The van der Waals surface area contributed by atoms with Crippen molar-refractivity contribution in [3.05, 3.63) is 59.7 Å². The van der Waals surface area contributed by atoms with Gasteiger partial charge >= 0.3 is 6.43 Å². The van der Waals surface area contributed by atoms with Crippen LogP contribution in [-0.2, 0) is 11.3 Å². The Bertz CT molecular complexity index is 1100. The number of rotatable bonds is 8. The minimum Gasteiger partial charge on any atom is -0.415 e. The molecule has 1 aromatic heterocycles. The Kier molecular flexibility index (Phi) is 9.25. The van der Waals surface area contributed by atoms with Gasteiger partial charge in [-0.3, -0.25) is 4.79 Å². The van der Waals surface area contributed by atoms with E-state index in [1.807, 2.05) is 50.1 Å². The van der Waals surface area contributed by atoms with Crippen LogP contribution in [0, 0.1) is 5.82 Å². The Labute approximate surface area is 202 Å². The van der Waals surface area contributed by atoms with E-state index in [1.54, 1.807) is 17.0 Å². The van der Waals surface area contributed by atoms with Gasteiger partial charge in [0.15, 0.2) is 0 Å². The van der Waals surface area contributed by atoms with E-state index >= 15 is 0 Å². The highest BCUT2D eigenvalue weighted by atomic mass is 19.3. The second kappa shape index (κ2) is 12.3. The van der Waals surface area contributed by atoms with Crippen molar-refractivity contribution in [1.82, 2.24) is 15.5 Å². The summed E-state index contributed by atoms with van der Waals surface area (Å²) in [6.07, 6.45) is -0.318. The van der Waals surface area contributed by atoms with Gasteiger partial charge in [0.25, 0.3) is 5.89 Å². The van der Waals surface area contributed by atoms with Crippen LogP contribution in [0.15, 0.2) is 46.9 Å². The molecule has 0 spiro atoms. The van der Waals surface area contributed by atoms with E-state index in [4.69, 9.17) is 4.42 Å². The summed E-state index contributed by atoms with van der Waals surface area (Å²) < 4.78 is 45.1. The van der Waals surface area contributed by atoms with Gasteiger partial charge < -0.3 is 19.5 Å². The lowest BCUT2D eigenvalue weighted by Crippen LogP contribution is -2.43. The summed E-state index contributed by atoms with van der Waals surface area (Å²) in [4.78, 5) is 15.6. The quantitative estimate of drug-likeness (QED) is 0.439. The van der Waals surface area contributed by atoms with Gasteiger partial charge in [-0.25, -0.2) is 4.39 Å². The summed E-state index contributed by atoms with van der Waals surface area (Å²) in [5.74, 6) is -1.50. The van der Waals surface area contributed by atoms with Gasteiger partial charge in [0.05, 0.1) is 11.4 Å². The van der Waals surface area contributed by atoms with Crippen LogP contribution in [0.5, 0.6) is 0 Å². The number of halogens is 3. The average molecular weight is 490 g/mol. The number of amides is 1. The number of nitrogens with zero attached hydrogens (tertiary/aromatic N) is 4. The number of aromatic nitrogens is 2. The fourth-order valence-corrected chi connectivity index (χ4v) is 4.02. The van der Waals surface area contributed by atoms with Crippen molar-refractivity contribution in [2.75, 3.05) is 29.9 Å². The summed E-state index contributed by atoms with van der Waals surface area (Å²) in [6, 6.07) is 11.9. The lowest BCUT2D eigenvalue weighted by atomic mass is 10.0. The van der Waals surface area contributed by atoms with E-state index in [0.717, 1.165) is 43.7 Å². The molecule has 0 radical (unpaired) electrons. The normalized spacial score (nSPS) is 13.8. The SMILES string of the molecule is CC.CN(Cc1ccc(-c2nnc(C(F)F)o2)cc1F)c1ccccc1N(C=O)C1CCNCC1. The highest BCUT2D eigenvalue weighted by Crippen LogP contribution is 2.32. The van der Waals surface area contributed by atoms with E-state index in [1.165, 1.54) is 6.07 Å². The first-order valence-corrected chi connectivity index (χ1v) is 11.6. The lowest BCUT2D eigenvalue weighted by molar-refractivity contribution is -0.108. The van der Waals surface area contributed by atoms with Crippen LogP contribution in [0.1, 0.15) is 44.6 Å². The van der Waals surface area contributed by atoms with Gasteiger partial charge in [-0.2, -0.15) is 8.78 Å². The summed E-state index contributed by atoms with van der Waals surface area (Å²) >= 11 is 0. The molecule has 0 atom stereocenters. The third kappa shape index (κ3) is 6.19. The first-order valence-electron chi connectivity index (χ1n) is 11.6. The Morgan fingerprint density at radius 1 is 1.11 bits per heavy atom. The number of alkyl halides is 2. The topological polar surface area (TPSA) is 74.5 Å². The van der Waals surface area contributed by atoms with Gasteiger partial charge in [-0.05, 0) is 50.2 Å². The highest BCUT2D eigenvalue weighted by Gasteiger charge is 2.24. The van der Waals surface area contributed by atoms with Gasteiger partial charge in [-0.15, -0.1) is 10.2 Å². The van der Waals surface area contributed by atoms with Gasteiger partial charge in [0.1, 0.15) is 5.82 Å². The van der Waals surface area contributed by atoms with E-state index in [-0.39, 0.29) is 24.0 Å². The van der Waals surface area contributed by atoms with Crippen molar-refractivity contribution in [3.8, 4) is 11.5 Å². The molecule has 0 aliphatic carbocycles. The summed E-state index contributed by atoms with van der Waals surface area (Å²) in [7, 11) is 1.82. The lowest BCUT2D eigenvalue weighted by Gasteiger charge is -2.34. The molecule has 7 nitrogen and oxygen atoms in total. The summed E-state index contributed by atoms with van der Waals surface area (Å²) in [5, 5.41) is 10.1. The molecule has 0 bridgehead atoms. The van der Waals surface area contributed by atoms with Crippen molar-refractivity contribution in [2.45, 2.75) is 45.7 Å². The van der Waals surface area contributed by atoms with E-state index in [9.17, 15) is 18.0 Å². The molecule has 1 fully saturated rings. The smallest absolute Gasteiger partial charge is 0.314 e. The molecule has 4 rings (SSSR count). The fourth-order valence-electron chi connectivity index (χ4n) is 4.02. The van der Waals surface area contributed by atoms with Crippen LogP contribution in [-0.4, -0.2) is 42.8 Å². The Hall–Kier alpha value is -3.40. The molecule has 1 amide bonds. The van der Waals surface area contributed by atoms with Crippen molar-refractivity contribution < 1.29 is 22.4 Å².